The molecule has 1 aromatic heterocycles. The van der Waals surface area contributed by atoms with Crippen LogP contribution in [0, 0.1) is 0 Å². The molecule has 0 aliphatic heterocycles. The molecule has 180 valence electrons. The first-order chi connectivity index (χ1) is 16.7. The van der Waals surface area contributed by atoms with Gasteiger partial charge >= 0.3 is 12.1 Å². The number of ether oxygens (including phenoxy) is 3. The number of hydrogen-bond donors (Lipinski definition) is 0. The number of para-hydroxylation sites is 1. The third-order valence-corrected chi connectivity index (χ3v) is 5.52. The fraction of sp³-hybridized carbons (Fsp3) is 0.120. The first-order valence-electron chi connectivity index (χ1n) is 10.1. The number of rotatable bonds is 6. The second kappa shape index (κ2) is 9.83. The van der Waals surface area contributed by atoms with E-state index in [0.29, 0.717) is 15.8 Å². The van der Waals surface area contributed by atoms with Crippen molar-refractivity contribution in [3.8, 4) is 23.0 Å². The zero-order chi connectivity index (χ0) is 25.2. The van der Waals surface area contributed by atoms with Crippen molar-refractivity contribution in [1.82, 2.24) is 0 Å². The Labute approximate surface area is 205 Å². The number of hydrogen-bond acceptors (Lipinski definition) is 6. The highest BCUT2D eigenvalue weighted by Gasteiger charge is 2.40. The van der Waals surface area contributed by atoms with Crippen LogP contribution in [0.2, 0.25) is 0 Å². The topological polar surface area (TPSA) is 75.0 Å². The molecule has 4 rings (SSSR count). The molecule has 0 spiro atoms. The van der Waals surface area contributed by atoms with E-state index in [4.69, 9.17) is 18.6 Å². The third-order valence-electron chi connectivity index (χ3n) is 4.87. The van der Waals surface area contributed by atoms with Crippen molar-refractivity contribution >= 4 is 32.9 Å². The molecule has 1 heterocycles. The summed E-state index contributed by atoms with van der Waals surface area (Å²) in [5.74, 6) is -2.70. The monoisotopic (exact) mass is 548 g/mol. The lowest BCUT2D eigenvalue weighted by molar-refractivity contribution is -0.154. The third kappa shape index (κ3) is 5.48. The van der Waals surface area contributed by atoms with E-state index in [1.165, 1.54) is 25.3 Å². The minimum Gasteiger partial charge on any atom is -0.497 e. The van der Waals surface area contributed by atoms with Crippen molar-refractivity contribution in [2.45, 2.75) is 12.6 Å². The fourth-order valence-electron chi connectivity index (χ4n) is 3.21. The molecule has 0 N–H and O–H groups in total. The van der Waals surface area contributed by atoms with E-state index in [0.717, 1.165) is 6.07 Å². The molecule has 10 heteroatoms. The summed E-state index contributed by atoms with van der Waals surface area (Å²) in [6, 6.07) is 16.4. The second-order valence-electron chi connectivity index (χ2n) is 7.28. The van der Waals surface area contributed by atoms with E-state index >= 15 is 0 Å². The Morgan fingerprint density at radius 1 is 1.00 bits per heavy atom. The van der Waals surface area contributed by atoms with Crippen LogP contribution < -0.4 is 19.6 Å². The van der Waals surface area contributed by atoms with E-state index in [9.17, 15) is 22.8 Å². The van der Waals surface area contributed by atoms with Gasteiger partial charge in [-0.2, -0.15) is 13.2 Å². The first kappa shape index (κ1) is 24.3. The maximum Gasteiger partial charge on any atom is 0.453 e. The van der Waals surface area contributed by atoms with Gasteiger partial charge in [-0.15, -0.1) is 0 Å². The maximum absolute atomic E-state index is 13.7. The highest BCUT2D eigenvalue weighted by atomic mass is 79.9. The smallest absolute Gasteiger partial charge is 0.453 e. The van der Waals surface area contributed by atoms with Gasteiger partial charge in [-0.25, -0.2) is 0 Å². The Balaban J connectivity index is 1.66. The summed E-state index contributed by atoms with van der Waals surface area (Å²) in [6.45, 7) is 0. The number of carbonyl (C=O) groups is 1. The van der Waals surface area contributed by atoms with Gasteiger partial charge in [0.25, 0.3) is 5.76 Å². The first-order valence-corrected chi connectivity index (χ1v) is 10.9. The van der Waals surface area contributed by atoms with Crippen molar-refractivity contribution in [3.63, 3.8) is 0 Å². The molecule has 4 aromatic rings. The number of fused-ring (bicyclic) bond motifs is 1. The van der Waals surface area contributed by atoms with Gasteiger partial charge in [-0.3, -0.25) is 9.59 Å². The molecule has 0 radical (unpaired) electrons. The second-order valence-corrected chi connectivity index (χ2v) is 8.13. The van der Waals surface area contributed by atoms with Crippen LogP contribution in [-0.4, -0.2) is 13.1 Å². The van der Waals surface area contributed by atoms with Gasteiger partial charge in [0.1, 0.15) is 22.8 Å². The molecule has 0 bridgehead atoms. The zero-order valence-corrected chi connectivity index (χ0v) is 19.6. The van der Waals surface area contributed by atoms with E-state index in [-0.39, 0.29) is 23.3 Å². The molecule has 0 aliphatic carbocycles. The molecule has 3 aromatic carbocycles. The molecule has 6 nitrogen and oxygen atoms in total. The molecule has 0 saturated carbocycles. The van der Waals surface area contributed by atoms with E-state index in [2.05, 4.69) is 15.9 Å². The number of alkyl halides is 3. The van der Waals surface area contributed by atoms with E-state index in [1.54, 1.807) is 42.5 Å². The predicted octanol–water partition coefficient (Wildman–Crippen LogP) is 6.52. The van der Waals surface area contributed by atoms with Gasteiger partial charge in [-0.1, -0.05) is 24.3 Å². The number of halogens is 4. The van der Waals surface area contributed by atoms with Crippen LogP contribution in [0.3, 0.4) is 0 Å². The Hall–Kier alpha value is -3.79. The Morgan fingerprint density at radius 2 is 1.69 bits per heavy atom. The normalized spacial score (nSPS) is 11.3. The quantitative estimate of drug-likeness (QED) is 0.201. The van der Waals surface area contributed by atoms with Crippen molar-refractivity contribution in [3.05, 3.63) is 92.7 Å². The molecule has 0 fully saturated rings. The lowest BCUT2D eigenvalue weighted by Gasteiger charge is -2.14. The molecule has 0 aliphatic rings. The standard InChI is InChI=1S/C25H16BrF3O6/c1-32-15-8-6-14(7-9-15)12-21(30)33-16-10-11-17-20(13-16)35-24(25(27,28)29)23(22(17)31)34-19-5-3-2-4-18(19)26/h2-11,13H,12H2,1H3. The van der Waals surface area contributed by atoms with Crippen molar-refractivity contribution in [1.29, 1.82) is 0 Å². The number of benzene rings is 3. The van der Waals surface area contributed by atoms with Gasteiger partial charge < -0.3 is 18.6 Å². The molecule has 0 atom stereocenters. The summed E-state index contributed by atoms with van der Waals surface area (Å²) in [5.41, 5.74) is -0.779. The Morgan fingerprint density at radius 3 is 2.34 bits per heavy atom. The zero-order valence-electron chi connectivity index (χ0n) is 18.0. The van der Waals surface area contributed by atoms with Gasteiger partial charge in [0.15, 0.2) is 0 Å². The highest BCUT2D eigenvalue weighted by molar-refractivity contribution is 9.10. The van der Waals surface area contributed by atoms with Crippen LogP contribution in [0.25, 0.3) is 11.0 Å². The van der Waals surface area contributed by atoms with Crippen molar-refractivity contribution in [2.24, 2.45) is 0 Å². The van der Waals surface area contributed by atoms with Crippen molar-refractivity contribution < 1.29 is 36.6 Å². The minimum atomic E-state index is -5.02. The molecular weight excluding hydrogens is 533 g/mol. The van der Waals surface area contributed by atoms with E-state index in [1.807, 2.05) is 0 Å². The number of methoxy groups -OCH3 is 1. The summed E-state index contributed by atoms with van der Waals surface area (Å²) < 4.78 is 62.3. The number of carbonyl (C=O) groups excluding carboxylic acids is 1. The summed E-state index contributed by atoms with van der Waals surface area (Å²) in [6.07, 6.45) is -5.11. The van der Waals surface area contributed by atoms with Gasteiger partial charge in [0, 0.05) is 6.07 Å². The van der Waals surface area contributed by atoms with E-state index < -0.39 is 34.7 Å². The lowest BCUT2D eigenvalue weighted by Crippen LogP contribution is -2.16. The number of esters is 1. The predicted molar refractivity (Wildman–Crippen MR) is 124 cm³/mol. The van der Waals surface area contributed by atoms with Crippen LogP contribution in [0.5, 0.6) is 23.0 Å². The SMILES string of the molecule is COc1ccc(CC(=O)Oc2ccc3c(=O)c(Oc4ccccc4Br)c(C(F)(F)F)oc3c2)cc1. The van der Waals surface area contributed by atoms with Crippen molar-refractivity contribution in [2.75, 3.05) is 7.11 Å². The lowest BCUT2D eigenvalue weighted by atomic mass is 10.1. The Kier molecular flexibility index (Phi) is 6.83. The van der Waals surface area contributed by atoms with Gasteiger partial charge in [0.05, 0.1) is 23.4 Å². The molecular formula is C25H16BrF3O6. The fourth-order valence-corrected chi connectivity index (χ4v) is 3.58. The van der Waals surface area contributed by atoms with Crippen LogP contribution in [-0.2, 0) is 17.4 Å². The summed E-state index contributed by atoms with van der Waals surface area (Å²) >= 11 is 3.17. The molecule has 0 unspecified atom stereocenters. The summed E-state index contributed by atoms with van der Waals surface area (Å²) in [4.78, 5) is 25.2. The van der Waals surface area contributed by atoms with Crippen LogP contribution in [0.15, 0.2) is 80.4 Å². The maximum atomic E-state index is 13.7. The molecule has 0 amide bonds. The summed E-state index contributed by atoms with van der Waals surface area (Å²) in [7, 11) is 1.52. The average molecular weight is 549 g/mol. The minimum absolute atomic E-state index is 0.00809. The van der Waals surface area contributed by atoms with Crippen LogP contribution >= 0.6 is 15.9 Å². The van der Waals surface area contributed by atoms with Gasteiger partial charge in [0.2, 0.25) is 11.2 Å². The van der Waals surface area contributed by atoms with Crippen LogP contribution in [0.4, 0.5) is 13.2 Å². The van der Waals surface area contributed by atoms with Gasteiger partial charge in [-0.05, 0) is 57.9 Å². The van der Waals surface area contributed by atoms with Crippen LogP contribution in [0.1, 0.15) is 11.3 Å². The summed E-state index contributed by atoms with van der Waals surface area (Å²) in [5, 5.41) is -0.171. The largest absolute Gasteiger partial charge is 0.497 e. The average Bonchev–Trinajstić information content (AvgIpc) is 2.81. The highest BCUT2D eigenvalue weighted by Crippen LogP contribution is 2.39. The Bertz CT molecular complexity index is 1440. The molecule has 0 saturated heterocycles. The molecule has 35 heavy (non-hydrogen) atoms.